The molecule has 1 fully saturated rings. The van der Waals surface area contributed by atoms with Crippen molar-refractivity contribution in [3.8, 4) is 0 Å². The molecule has 2 aromatic carbocycles. The Labute approximate surface area is 163 Å². The van der Waals surface area contributed by atoms with Crippen LogP contribution in [0.5, 0.6) is 0 Å². The molecule has 142 valence electrons. The molecular formula is C20H23N3O3S. The van der Waals surface area contributed by atoms with E-state index >= 15 is 0 Å². The minimum absolute atomic E-state index is 0.102. The predicted molar refractivity (Wildman–Crippen MR) is 107 cm³/mol. The highest BCUT2D eigenvalue weighted by Gasteiger charge is 2.28. The van der Waals surface area contributed by atoms with Gasteiger partial charge >= 0.3 is 12.1 Å². The number of anilines is 1. The zero-order valence-corrected chi connectivity index (χ0v) is 16.0. The maximum atomic E-state index is 12.5. The van der Waals surface area contributed by atoms with Gasteiger partial charge < -0.3 is 20.3 Å². The van der Waals surface area contributed by atoms with Crippen LogP contribution in [-0.2, 0) is 11.3 Å². The zero-order chi connectivity index (χ0) is 19.1. The van der Waals surface area contributed by atoms with Gasteiger partial charge in [-0.15, -0.1) is 11.8 Å². The molecule has 0 spiro atoms. The first kappa shape index (κ1) is 19.1. The van der Waals surface area contributed by atoms with Gasteiger partial charge in [0, 0.05) is 18.0 Å². The van der Waals surface area contributed by atoms with Gasteiger partial charge in [-0.2, -0.15) is 0 Å². The Kier molecular flexibility index (Phi) is 6.59. The molecule has 1 aliphatic heterocycles. The Hall–Kier alpha value is -2.67. The summed E-state index contributed by atoms with van der Waals surface area (Å²) in [6.07, 6.45) is 2.22. The topological polar surface area (TPSA) is 70.7 Å². The van der Waals surface area contributed by atoms with E-state index in [0.29, 0.717) is 19.5 Å². The third kappa shape index (κ3) is 5.40. The Morgan fingerprint density at radius 1 is 1.15 bits per heavy atom. The van der Waals surface area contributed by atoms with Gasteiger partial charge in [0.05, 0.1) is 11.7 Å². The number of nitrogens with zero attached hydrogens (tertiary/aromatic N) is 1. The number of rotatable bonds is 5. The van der Waals surface area contributed by atoms with Gasteiger partial charge in [-0.1, -0.05) is 42.5 Å². The number of para-hydroxylation sites is 1. The van der Waals surface area contributed by atoms with Crippen molar-refractivity contribution in [2.75, 3.05) is 24.7 Å². The van der Waals surface area contributed by atoms with E-state index < -0.39 is 6.09 Å². The second-order valence-corrected chi connectivity index (χ2v) is 7.12. The quantitative estimate of drug-likeness (QED) is 0.765. The lowest BCUT2D eigenvalue weighted by atomic mass is 10.2. The van der Waals surface area contributed by atoms with Crippen LogP contribution in [-0.4, -0.2) is 42.4 Å². The fourth-order valence-corrected chi connectivity index (χ4v) is 3.49. The maximum Gasteiger partial charge on any atom is 0.407 e. The van der Waals surface area contributed by atoms with E-state index in [9.17, 15) is 9.59 Å². The summed E-state index contributed by atoms with van der Waals surface area (Å²) in [7, 11) is 0. The van der Waals surface area contributed by atoms with Crippen molar-refractivity contribution in [1.29, 1.82) is 0 Å². The molecule has 0 saturated carbocycles. The summed E-state index contributed by atoms with van der Waals surface area (Å²) in [5, 5.41) is 5.78. The Balaban J connectivity index is 1.45. The minimum atomic E-state index is -0.459. The normalized spacial score (nSPS) is 16.0. The SMILES string of the molecule is CSc1ccccc1NC(=O)N1CC[C@H](NC(=O)OCc2ccccc2)C1. The molecule has 2 aromatic rings. The van der Waals surface area contributed by atoms with Gasteiger partial charge in [-0.25, -0.2) is 9.59 Å². The predicted octanol–water partition coefficient (Wildman–Crippen LogP) is 3.94. The molecule has 2 N–H and O–H groups in total. The molecule has 0 aliphatic carbocycles. The van der Waals surface area contributed by atoms with Gasteiger partial charge in [-0.3, -0.25) is 0 Å². The monoisotopic (exact) mass is 385 g/mol. The van der Waals surface area contributed by atoms with Crippen molar-refractivity contribution in [2.24, 2.45) is 0 Å². The van der Waals surface area contributed by atoms with Crippen molar-refractivity contribution in [1.82, 2.24) is 10.2 Å². The van der Waals surface area contributed by atoms with Gasteiger partial charge in [0.15, 0.2) is 0 Å². The lowest BCUT2D eigenvalue weighted by molar-refractivity contribution is 0.136. The van der Waals surface area contributed by atoms with Crippen molar-refractivity contribution >= 4 is 29.6 Å². The summed E-state index contributed by atoms with van der Waals surface area (Å²) in [6.45, 7) is 1.29. The molecule has 0 aromatic heterocycles. The highest BCUT2D eigenvalue weighted by molar-refractivity contribution is 7.98. The van der Waals surface area contributed by atoms with E-state index in [1.165, 1.54) is 0 Å². The molecule has 3 rings (SSSR count). The average molecular weight is 385 g/mol. The van der Waals surface area contributed by atoms with E-state index in [4.69, 9.17) is 4.74 Å². The minimum Gasteiger partial charge on any atom is -0.445 e. The number of ether oxygens (including phenoxy) is 1. The second-order valence-electron chi connectivity index (χ2n) is 6.27. The number of carbonyl (C=O) groups excluding carboxylic acids is 2. The van der Waals surface area contributed by atoms with Gasteiger partial charge in [-0.05, 0) is 30.4 Å². The van der Waals surface area contributed by atoms with E-state index in [-0.39, 0.29) is 18.7 Å². The number of benzene rings is 2. The van der Waals surface area contributed by atoms with Crippen molar-refractivity contribution in [3.63, 3.8) is 0 Å². The zero-order valence-electron chi connectivity index (χ0n) is 15.2. The highest BCUT2D eigenvalue weighted by Crippen LogP contribution is 2.25. The fraction of sp³-hybridized carbons (Fsp3) is 0.300. The van der Waals surface area contributed by atoms with E-state index in [0.717, 1.165) is 16.1 Å². The molecule has 1 saturated heterocycles. The molecule has 0 bridgehead atoms. The first-order valence-electron chi connectivity index (χ1n) is 8.82. The standard InChI is InChI=1S/C20H23N3O3S/c1-27-18-10-6-5-9-17(18)22-19(24)23-12-11-16(13-23)21-20(25)26-14-15-7-3-2-4-8-15/h2-10,16H,11-14H2,1H3,(H,21,25)(H,22,24)/t16-/m0/s1. The van der Waals surface area contributed by atoms with Crippen LogP contribution in [0.3, 0.4) is 0 Å². The van der Waals surface area contributed by atoms with Crippen LogP contribution < -0.4 is 10.6 Å². The van der Waals surface area contributed by atoms with Crippen molar-refractivity contribution in [3.05, 3.63) is 60.2 Å². The van der Waals surface area contributed by atoms with E-state index in [2.05, 4.69) is 10.6 Å². The van der Waals surface area contributed by atoms with Crippen LogP contribution in [0.4, 0.5) is 15.3 Å². The van der Waals surface area contributed by atoms with Crippen LogP contribution in [0.2, 0.25) is 0 Å². The molecule has 1 atom stereocenters. The summed E-state index contributed by atoms with van der Waals surface area (Å²) in [5.74, 6) is 0. The van der Waals surface area contributed by atoms with Crippen molar-refractivity contribution < 1.29 is 14.3 Å². The summed E-state index contributed by atoms with van der Waals surface area (Å²) in [5.41, 5.74) is 1.74. The summed E-state index contributed by atoms with van der Waals surface area (Å²) in [4.78, 5) is 27.2. The first-order chi connectivity index (χ1) is 13.2. The molecule has 0 radical (unpaired) electrons. The van der Waals surface area contributed by atoms with Gasteiger partial charge in [0.2, 0.25) is 0 Å². The van der Waals surface area contributed by atoms with E-state index in [1.54, 1.807) is 16.7 Å². The van der Waals surface area contributed by atoms with Crippen LogP contribution in [0, 0.1) is 0 Å². The second kappa shape index (κ2) is 9.32. The van der Waals surface area contributed by atoms with Crippen molar-refractivity contribution in [2.45, 2.75) is 24.0 Å². The molecule has 6 nitrogen and oxygen atoms in total. The smallest absolute Gasteiger partial charge is 0.407 e. The molecule has 1 heterocycles. The third-order valence-electron chi connectivity index (χ3n) is 4.36. The van der Waals surface area contributed by atoms with Crippen LogP contribution in [0.25, 0.3) is 0 Å². The number of nitrogens with one attached hydrogen (secondary N) is 2. The first-order valence-corrected chi connectivity index (χ1v) is 10.0. The summed E-state index contributed by atoms with van der Waals surface area (Å²) in [6, 6.07) is 17.0. The Morgan fingerprint density at radius 2 is 1.89 bits per heavy atom. The largest absolute Gasteiger partial charge is 0.445 e. The summed E-state index contributed by atoms with van der Waals surface area (Å²) < 4.78 is 5.24. The van der Waals surface area contributed by atoms with E-state index in [1.807, 2.05) is 60.9 Å². The number of amides is 3. The summed E-state index contributed by atoms with van der Waals surface area (Å²) >= 11 is 1.59. The molecular weight excluding hydrogens is 362 g/mol. The molecule has 27 heavy (non-hydrogen) atoms. The van der Waals surface area contributed by atoms with Crippen LogP contribution in [0.15, 0.2) is 59.5 Å². The Morgan fingerprint density at radius 3 is 2.67 bits per heavy atom. The highest BCUT2D eigenvalue weighted by atomic mass is 32.2. The van der Waals surface area contributed by atoms with Gasteiger partial charge in [0.1, 0.15) is 6.61 Å². The van der Waals surface area contributed by atoms with Crippen LogP contribution in [0.1, 0.15) is 12.0 Å². The lowest BCUT2D eigenvalue weighted by Gasteiger charge is -2.19. The lowest BCUT2D eigenvalue weighted by Crippen LogP contribution is -2.39. The number of alkyl carbamates (subject to hydrolysis) is 1. The number of carbonyl (C=O) groups is 2. The molecule has 0 unspecified atom stereocenters. The molecule has 7 heteroatoms. The number of hydrogen-bond acceptors (Lipinski definition) is 4. The number of thioether (sulfide) groups is 1. The van der Waals surface area contributed by atoms with Crippen LogP contribution >= 0.6 is 11.8 Å². The number of urea groups is 1. The number of likely N-dealkylation sites (tertiary alicyclic amines) is 1. The maximum absolute atomic E-state index is 12.5. The molecule has 1 aliphatic rings. The average Bonchev–Trinajstić information content (AvgIpc) is 3.16. The fourth-order valence-electron chi connectivity index (χ4n) is 2.94. The number of hydrogen-bond donors (Lipinski definition) is 2. The molecule has 3 amide bonds. The third-order valence-corrected chi connectivity index (χ3v) is 5.15. The van der Waals surface area contributed by atoms with Gasteiger partial charge in [0.25, 0.3) is 0 Å². The Bertz CT molecular complexity index is 785.